The largest absolute Gasteiger partial charge is 0.456 e. The van der Waals surface area contributed by atoms with Gasteiger partial charge in [-0.1, -0.05) is 109 Å². The van der Waals surface area contributed by atoms with Crippen LogP contribution in [0.25, 0.3) is 99.9 Å². The molecular formula is C42H24N4O2. The number of fused-ring (bicyclic) bond motifs is 7. The molecule has 6 aromatic carbocycles. The summed E-state index contributed by atoms with van der Waals surface area (Å²) in [4.78, 5) is 19.7. The molecule has 0 saturated heterocycles. The molecule has 6 nitrogen and oxygen atoms in total. The van der Waals surface area contributed by atoms with E-state index in [-0.39, 0.29) is 0 Å². The van der Waals surface area contributed by atoms with Gasteiger partial charge in [0.2, 0.25) is 0 Å². The van der Waals surface area contributed by atoms with Crippen LogP contribution < -0.4 is 0 Å². The zero-order valence-corrected chi connectivity index (χ0v) is 25.5. The fourth-order valence-electron chi connectivity index (χ4n) is 6.93. The highest BCUT2D eigenvalue weighted by Crippen LogP contribution is 2.41. The van der Waals surface area contributed by atoms with Gasteiger partial charge >= 0.3 is 0 Å². The topological polar surface area (TPSA) is 77.8 Å². The van der Waals surface area contributed by atoms with E-state index in [4.69, 9.17) is 23.8 Å². The van der Waals surface area contributed by atoms with E-state index in [0.29, 0.717) is 17.5 Å². The number of nitrogens with zero attached hydrogens (tertiary/aromatic N) is 4. The van der Waals surface area contributed by atoms with Crippen molar-refractivity contribution in [2.45, 2.75) is 0 Å². The molecule has 0 saturated carbocycles. The van der Waals surface area contributed by atoms with E-state index < -0.39 is 0 Å². The average molecular weight is 617 g/mol. The molecule has 0 N–H and O–H groups in total. The fraction of sp³-hybridized carbons (Fsp3) is 0. The minimum atomic E-state index is 0.589. The first-order valence-electron chi connectivity index (χ1n) is 15.8. The normalized spacial score (nSPS) is 11.8. The molecule has 224 valence electrons. The molecule has 0 aliphatic rings. The van der Waals surface area contributed by atoms with Gasteiger partial charge in [0, 0.05) is 50.6 Å². The Hall–Kier alpha value is -6.66. The predicted molar refractivity (Wildman–Crippen MR) is 191 cm³/mol. The van der Waals surface area contributed by atoms with Crippen LogP contribution in [-0.4, -0.2) is 19.9 Å². The van der Waals surface area contributed by atoms with Crippen molar-refractivity contribution in [2.75, 3.05) is 0 Å². The summed E-state index contributed by atoms with van der Waals surface area (Å²) in [5, 5.41) is 6.18. The van der Waals surface area contributed by atoms with E-state index in [1.165, 1.54) is 0 Å². The molecule has 0 radical (unpaired) electrons. The van der Waals surface area contributed by atoms with Gasteiger partial charge in [0.05, 0.1) is 0 Å². The second-order valence-corrected chi connectivity index (χ2v) is 11.8. The molecule has 10 rings (SSSR count). The Labute approximate surface area is 274 Å². The summed E-state index contributed by atoms with van der Waals surface area (Å²) in [7, 11) is 0. The van der Waals surface area contributed by atoms with Gasteiger partial charge in [0.1, 0.15) is 22.3 Å². The van der Waals surface area contributed by atoms with Gasteiger partial charge in [-0.25, -0.2) is 15.0 Å². The Balaban J connectivity index is 1.23. The van der Waals surface area contributed by atoms with Gasteiger partial charge in [0.15, 0.2) is 17.5 Å². The highest BCUT2D eigenvalue weighted by Gasteiger charge is 2.20. The molecule has 0 unspecified atom stereocenters. The zero-order chi connectivity index (χ0) is 31.6. The van der Waals surface area contributed by atoms with Crippen LogP contribution in [0.5, 0.6) is 0 Å². The van der Waals surface area contributed by atoms with Crippen molar-refractivity contribution >= 4 is 54.6 Å². The van der Waals surface area contributed by atoms with Gasteiger partial charge in [-0.3, -0.25) is 4.98 Å². The second kappa shape index (κ2) is 10.4. The molecule has 0 bridgehead atoms. The van der Waals surface area contributed by atoms with Gasteiger partial charge in [-0.2, -0.15) is 0 Å². The van der Waals surface area contributed by atoms with Crippen molar-refractivity contribution < 1.29 is 8.83 Å². The smallest absolute Gasteiger partial charge is 0.164 e. The molecule has 0 aliphatic heterocycles. The molecule has 0 fully saturated rings. The van der Waals surface area contributed by atoms with Crippen molar-refractivity contribution in [3.8, 4) is 45.3 Å². The monoisotopic (exact) mass is 616 g/mol. The summed E-state index contributed by atoms with van der Waals surface area (Å²) >= 11 is 0. The summed E-state index contributed by atoms with van der Waals surface area (Å²) in [6, 6.07) is 45.0. The molecule has 4 aromatic heterocycles. The number of furan rings is 2. The minimum Gasteiger partial charge on any atom is -0.456 e. The molecule has 0 aliphatic carbocycles. The number of para-hydroxylation sites is 1. The third-order valence-electron chi connectivity index (χ3n) is 9.06. The number of hydrogen-bond acceptors (Lipinski definition) is 6. The van der Waals surface area contributed by atoms with Crippen molar-refractivity contribution in [2.24, 2.45) is 0 Å². The van der Waals surface area contributed by atoms with Crippen LogP contribution in [0.2, 0.25) is 0 Å². The second-order valence-electron chi connectivity index (χ2n) is 11.8. The summed E-state index contributed by atoms with van der Waals surface area (Å²) < 4.78 is 12.4. The number of rotatable bonds is 4. The molecule has 10 aromatic rings. The first-order chi connectivity index (χ1) is 23.8. The van der Waals surface area contributed by atoms with Crippen LogP contribution in [0.1, 0.15) is 0 Å². The Morgan fingerprint density at radius 2 is 0.896 bits per heavy atom. The number of aromatic nitrogens is 4. The average Bonchev–Trinajstić information content (AvgIpc) is 3.73. The van der Waals surface area contributed by atoms with E-state index in [1.807, 2.05) is 85.1 Å². The number of pyridine rings is 1. The first-order valence-corrected chi connectivity index (χ1v) is 15.8. The van der Waals surface area contributed by atoms with Crippen molar-refractivity contribution in [3.05, 3.63) is 146 Å². The van der Waals surface area contributed by atoms with Crippen LogP contribution in [0.4, 0.5) is 0 Å². The maximum Gasteiger partial charge on any atom is 0.164 e. The SMILES string of the molecule is c1ccc(-c2nc(-c3cccc4c(-c5cccc6oc7ccncc7c56)cccc34)nc(-c3cccc4oc5ccccc5c34)n2)cc1. The first kappa shape index (κ1) is 26.5. The van der Waals surface area contributed by atoms with Crippen LogP contribution in [0.15, 0.2) is 155 Å². The van der Waals surface area contributed by atoms with Crippen LogP contribution in [0.3, 0.4) is 0 Å². The summed E-state index contributed by atoms with van der Waals surface area (Å²) in [6.07, 6.45) is 3.64. The van der Waals surface area contributed by atoms with E-state index in [2.05, 4.69) is 59.6 Å². The molecule has 6 heteroatoms. The molecule has 0 spiro atoms. The third kappa shape index (κ3) is 4.06. The summed E-state index contributed by atoms with van der Waals surface area (Å²) in [5.74, 6) is 1.80. The van der Waals surface area contributed by atoms with E-state index in [9.17, 15) is 0 Å². The highest BCUT2D eigenvalue weighted by molar-refractivity contribution is 6.16. The van der Waals surface area contributed by atoms with Gasteiger partial charge in [0.25, 0.3) is 0 Å². The van der Waals surface area contributed by atoms with Crippen molar-refractivity contribution in [1.82, 2.24) is 19.9 Å². The van der Waals surface area contributed by atoms with Gasteiger partial charge < -0.3 is 8.83 Å². The molecule has 0 amide bonds. The molecule has 48 heavy (non-hydrogen) atoms. The Morgan fingerprint density at radius 1 is 0.354 bits per heavy atom. The lowest BCUT2D eigenvalue weighted by molar-refractivity contribution is 0.668. The molecular weight excluding hydrogens is 592 g/mol. The number of benzene rings is 6. The molecule has 0 atom stereocenters. The zero-order valence-electron chi connectivity index (χ0n) is 25.5. The standard InChI is InChI=1S/C42H24N4O2/c1-2-10-25(11-3-1)40-44-41(46-42(45-40)32-18-9-21-37-39(32)31-12-4-5-19-34(31)47-37)30-17-7-13-26-27(14-6-15-28(26)30)29-16-8-20-36-38(29)33-24-43-23-22-35(33)48-36/h1-24H. The van der Waals surface area contributed by atoms with E-state index in [0.717, 1.165) is 82.5 Å². The summed E-state index contributed by atoms with van der Waals surface area (Å²) in [6.45, 7) is 0. The van der Waals surface area contributed by atoms with Crippen LogP contribution in [0, 0.1) is 0 Å². The maximum atomic E-state index is 6.23. The van der Waals surface area contributed by atoms with E-state index >= 15 is 0 Å². The fourth-order valence-corrected chi connectivity index (χ4v) is 6.93. The maximum absolute atomic E-state index is 6.23. The van der Waals surface area contributed by atoms with Crippen LogP contribution in [-0.2, 0) is 0 Å². The van der Waals surface area contributed by atoms with Crippen LogP contribution >= 0.6 is 0 Å². The Bertz CT molecular complexity index is 2850. The molecule has 4 heterocycles. The van der Waals surface area contributed by atoms with Gasteiger partial charge in [-0.05, 0) is 46.2 Å². The van der Waals surface area contributed by atoms with Crippen molar-refractivity contribution in [3.63, 3.8) is 0 Å². The lowest BCUT2D eigenvalue weighted by Gasteiger charge is -2.13. The number of hydrogen-bond donors (Lipinski definition) is 0. The Morgan fingerprint density at radius 3 is 1.71 bits per heavy atom. The third-order valence-corrected chi connectivity index (χ3v) is 9.06. The lowest BCUT2D eigenvalue weighted by Crippen LogP contribution is -2.01. The highest BCUT2D eigenvalue weighted by atomic mass is 16.3. The summed E-state index contributed by atoms with van der Waals surface area (Å²) in [5.41, 5.74) is 8.19. The van der Waals surface area contributed by atoms with Gasteiger partial charge in [-0.15, -0.1) is 0 Å². The minimum absolute atomic E-state index is 0.589. The quantitative estimate of drug-likeness (QED) is 0.196. The predicted octanol–water partition coefficient (Wildman–Crippen LogP) is 10.9. The van der Waals surface area contributed by atoms with Crippen molar-refractivity contribution in [1.29, 1.82) is 0 Å². The van der Waals surface area contributed by atoms with E-state index in [1.54, 1.807) is 6.20 Å². The lowest BCUT2D eigenvalue weighted by atomic mass is 9.93. The Kier molecular flexibility index (Phi) is 5.77.